The van der Waals surface area contributed by atoms with Crippen molar-refractivity contribution in [3.63, 3.8) is 0 Å². The van der Waals surface area contributed by atoms with Crippen LogP contribution in [0.15, 0.2) is 6.07 Å². The normalized spacial score (nSPS) is 25.1. The molecule has 2 atom stereocenters. The van der Waals surface area contributed by atoms with Gasteiger partial charge in [0.2, 0.25) is 0 Å². The summed E-state index contributed by atoms with van der Waals surface area (Å²) >= 11 is 1.95. The molecule has 0 aliphatic heterocycles. The highest BCUT2D eigenvalue weighted by molar-refractivity contribution is 7.12. The molecule has 0 radical (unpaired) electrons. The molecular weight excluding hydrogens is 238 g/mol. The average molecular weight is 265 g/mol. The largest absolute Gasteiger partial charge is 0.309 e. The first-order valence-corrected chi connectivity index (χ1v) is 8.30. The predicted molar refractivity (Wildman–Crippen MR) is 81.3 cm³/mol. The van der Waals surface area contributed by atoms with Crippen LogP contribution in [0.25, 0.3) is 0 Å². The van der Waals surface area contributed by atoms with Gasteiger partial charge in [-0.25, -0.2) is 0 Å². The summed E-state index contributed by atoms with van der Waals surface area (Å²) in [5, 5.41) is 3.77. The van der Waals surface area contributed by atoms with E-state index >= 15 is 0 Å². The Balaban J connectivity index is 1.79. The van der Waals surface area contributed by atoms with E-state index in [9.17, 15) is 0 Å². The van der Waals surface area contributed by atoms with Crippen LogP contribution < -0.4 is 5.32 Å². The van der Waals surface area contributed by atoms with E-state index in [4.69, 9.17) is 0 Å². The first kappa shape index (κ1) is 14.1. The highest BCUT2D eigenvalue weighted by Crippen LogP contribution is 2.26. The molecule has 1 aliphatic rings. The first-order valence-electron chi connectivity index (χ1n) is 7.48. The second-order valence-electron chi connectivity index (χ2n) is 5.81. The van der Waals surface area contributed by atoms with Crippen molar-refractivity contribution < 1.29 is 0 Å². The third kappa shape index (κ3) is 3.83. The van der Waals surface area contributed by atoms with Gasteiger partial charge < -0.3 is 5.32 Å². The molecule has 0 saturated heterocycles. The minimum absolute atomic E-state index is 0.754. The fourth-order valence-corrected chi connectivity index (χ4v) is 3.98. The zero-order valence-electron chi connectivity index (χ0n) is 12.1. The molecule has 1 saturated carbocycles. The molecule has 2 unspecified atom stereocenters. The zero-order chi connectivity index (χ0) is 13.0. The fourth-order valence-electron chi connectivity index (χ4n) is 2.97. The summed E-state index contributed by atoms with van der Waals surface area (Å²) in [6.45, 7) is 7.85. The van der Waals surface area contributed by atoms with Gasteiger partial charge in [0.25, 0.3) is 0 Å². The van der Waals surface area contributed by atoms with E-state index in [0.29, 0.717) is 0 Å². The van der Waals surface area contributed by atoms with Crippen molar-refractivity contribution in [3.05, 3.63) is 21.4 Å². The zero-order valence-corrected chi connectivity index (χ0v) is 12.9. The van der Waals surface area contributed by atoms with Gasteiger partial charge in [0.05, 0.1) is 0 Å². The second kappa shape index (κ2) is 6.72. The molecule has 0 aromatic carbocycles. The van der Waals surface area contributed by atoms with E-state index in [2.05, 4.69) is 32.2 Å². The standard InChI is InChI=1S/C16H27NS/c1-4-14-6-5-7-15(9-8-14)17-11-16-10-12(2)13(3)18-16/h10,14-15,17H,4-9,11H2,1-3H3. The van der Waals surface area contributed by atoms with E-state index in [1.807, 2.05) is 11.3 Å². The highest BCUT2D eigenvalue weighted by Gasteiger charge is 2.17. The molecule has 0 bridgehead atoms. The molecule has 1 aromatic rings. The summed E-state index contributed by atoms with van der Waals surface area (Å²) in [4.78, 5) is 2.97. The van der Waals surface area contributed by atoms with Crippen LogP contribution in [0.2, 0.25) is 0 Å². The average Bonchev–Trinajstić information content (AvgIpc) is 2.57. The van der Waals surface area contributed by atoms with Crippen LogP contribution in [-0.2, 0) is 6.54 Å². The monoisotopic (exact) mass is 265 g/mol. The van der Waals surface area contributed by atoms with Gasteiger partial charge in [-0.1, -0.05) is 26.2 Å². The number of hydrogen-bond donors (Lipinski definition) is 1. The topological polar surface area (TPSA) is 12.0 Å². The molecule has 1 aliphatic carbocycles. The molecule has 1 N–H and O–H groups in total. The molecule has 1 nitrogen and oxygen atoms in total. The SMILES string of the molecule is CCC1CCCC(NCc2cc(C)c(C)s2)CC1. The Morgan fingerprint density at radius 3 is 2.72 bits per heavy atom. The number of nitrogens with one attached hydrogen (secondary N) is 1. The number of aryl methyl sites for hydroxylation is 2. The quantitative estimate of drug-likeness (QED) is 0.770. The minimum atomic E-state index is 0.754. The van der Waals surface area contributed by atoms with Crippen LogP contribution in [0.5, 0.6) is 0 Å². The van der Waals surface area contributed by atoms with Crippen molar-refractivity contribution >= 4 is 11.3 Å². The maximum Gasteiger partial charge on any atom is 0.0302 e. The molecule has 1 aromatic heterocycles. The van der Waals surface area contributed by atoms with Crippen LogP contribution in [0.3, 0.4) is 0 Å². The van der Waals surface area contributed by atoms with Crippen molar-refractivity contribution in [2.75, 3.05) is 0 Å². The van der Waals surface area contributed by atoms with Crippen LogP contribution in [0, 0.1) is 19.8 Å². The molecule has 2 heteroatoms. The van der Waals surface area contributed by atoms with Crippen molar-refractivity contribution in [2.24, 2.45) is 5.92 Å². The van der Waals surface area contributed by atoms with E-state index < -0.39 is 0 Å². The maximum atomic E-state index is 3.77. The maximum absolute atomic E-state index is 3.77. The molecule has 1 heterocycles. The molecule has 18 heavy (non-hydrogen) atoms. The lowest BCUT2D eigenvalue weighted by Crippen LogP contribution is -2.27. The Morgan fingerprint density at radius 1 is 1.22 bits per heavy atom. The molecular formula is C16H27NS. The van der Waals surface area contributed by atoms with Gasteiger partial charge in [0.1, 0.15) is 0 Å². The summed E-state index contributed by atoms with van der Waals surface area (Å²) in [6, 6.07) is 3.10. The Hall–Kier alpha value is -0.340. The molecule has 0 spiro atoms. The third-order valence-electron chi connectivity index (χ3n) is 4.45. The number of rotatable bonds is 4. The lowest BCUT2D eigenvalue weighted by molar-refractivity contribution is 0.426. The summed E-state index contributed by atoms with van der Waals surface area (Å²) < 4.78 is 0. The van der Waals surface area contributed by atoms with Gasteiger partial charge in [-0.05, 0) is 50.7 Å². The van der Waals surface area contributed by atoms with Gasteiger partial charge in [-0.3, -0.25) is 0 Å². The molecule has 2 rings (SSSR count). The lowest BCUT2D eigenvalue weighted by Gasteiger charge is -2.16. The first-order chi connectivity index (χ1) is 8.69. The van der Waals surface area contributed by atoms with E-state index in [0.717, 1.165) is 18.5 Å². The van der Waals surface area contributed by atoms with E-state index in [1.165, 1.54) is 53.8 Å². The van der Waals surface area contributed by atoms with Crippen LogP contribution in [-0.4, -0.2) is 6.04 Å². The smallest absolute Gasteiger partial charge is 0.0302 e. The van der Waals surface area contributed by atoms with E-state index in [1.54, 1.807) is 0 Å². The fraction of sp³-hybridized carbons (Fsp3) is 0.750. The summed E-state index contributed by atoms with van der Waals surface area (Å²) in [5.41, 5.74) is 1.45. The van der Waals surface area contributed by atoms with Gasteiger partial charge in [-0.15, -0.1) is 11.3 Å². The Kier molecular flexibility index (Phi) is 5.25. The van der Waals surface area contributed by atoms with Crippen molar-refractivity contribution in [3.8, 4) is 0 Å². The van der Waals surface area contributed by atoms with E-state index in [-0.39, 0.29) is 0 Å². The minimum Gasteiger partial charge on any atom is -0.309 e. The highest BCUT2D eigenvalue weighted by atomic mass is 32.1. The summed E-state index contributed by atoms with van der Waals surface area (Å²) in [5.74, 6) is 0.989. The predicted octanol–water partition coefficient (Wildman–Crippen LogP) is 4.81. The second-order valence-corrected chi connectivity index (χ2v) is 7.15. The molecule has 0 amide bonds. The third-order valence-corrected chi connectivity index (χ3v) is 5.60. The Bertz CT molecular complexity index is 350. The van der Waals surface area contributed by atoms with Gasteiger partial charge in [-0.2, -0.15) is 0 Å². The van der Waals surface area contributed by atoms with Gasteiger partial charge in [0, 0.05) is 22.3 Å². The Morgan fingerprint density at radius 2 is 2.06 bits per heavy atom. The van der Waals surface area contributed by atoms with Crippen molar-refractivity contribution in [1.29, 1.82) is 0 Å². The number of hydrogen-bond acceptors (Lipinski definition) is 2. The molecule has 1 fully saturated rings. The lowest BCUT2D eigenvalue weighted by atomic mass is 9.98. The van der Waals surface area contributed by atoms with Gasteiger partial charge >= 0.3 is 0 Å². The van der Waals surface area contributed by atoms with Crippen LogP contribution in [0.1, 0.15) is 60.8 Å². The van der Waals surface area contributed by atoms with Gasteiger partial charge in [0.15, 0.2) is 0 Å². The Labute approximate surface area is 116 Å². The van der Waals surface area contributed by atoms with Crippen molar-refractivity contribution in [1.82, 2.24) is 5.32 Å². The van der Waals surface area contributed by atoms with Crippen LogP contribution >= 0.6 is 11.3 Å². The van der Waals surface area contributed by atoms with Crippen molar-refractivity contribution in [2.45, 2.75) is 71.9 Å². The van der Waals surface area contributed by atoms with Crippen LogP contribution in [0.4, 0.5) is 0 Å². The summed E-state index contributed by atoms with van der Waals surface area (Å²) in [7, 11) is 0. The number of thiophene rings is 1. The molecule has 102 valence electrons. The summed E-state index contributed by atoms with van der Waals surface area (Å²) in [6.07, 6.45) is 8.42.